The molecular weight excluding hydrogens is 403 g/mol. The minimum atomic E-state index is -0.440. The number of hydrogen-bond donors (Lipinski definition) is 1. The summed E-state index contributed by atoms with van der Waals surface area (Å²) in [6, 6.07) is 14.5. The van der Waals surface area contributed by atoms with E-state index in [9.17, 15) is 9.18 Å². The molecule has 0 saturated heterocycles. The number of nitrogens with one attached hydrogen (secondary N) is 1. The number of rotatable bonds is 7. The Bertz CT molecular complexity index is 1010. The molecule has 2 aliphatic rings. The normalized spacial score (nSPS) is 22.6. The van der Waals surface area contributed by atoms with Gasteiger partial charge in [-0.1, -0.05) is 48.8 Å². The van der Waals surface area contributed by atoms with Crippen LogP contribution in [-0.4, -0.2) is 30.0 Å². The van der Waals surface area contributed by atoms with Gasteiger partial charge in [-0.2, -0.15) is 0 Å². The van der Waals surface area contributed by atoms with Crippen LogP contribution in [-0.2, 0) is 17.9 Å². The second-order valence-electron chi connectivity index (χ2n) is 8.62. The summed E-state index contributed by atoms with van der Waals surface area (Å²) in [7, 11) is 0. The van der Waals surface area contributed by atoms with Crippen molar-refractivity contribution in [2.75, 3.05) is 13.2 Å². The van der Waals surface area contributed by atoms with Crippen molar-refractivity contribution in [2.45, 2.75) is 44.8 Å². The molecule has 1 saturated carbocycles. The average molecular weight is 433 g/mol. The van der Waals surface area contributed by atoms with E-state index in [0.717, 1.165) is 55.6 Å². The van der Waals surface area contributed by atoms with Gasteiger partial charge in [0.2, 0.25) is 5.91 Å². The fourth-order valence-corrected chi connectivity index (χ4v) is 5.04. The van der Waals surface area contributed by atoms with E-state index in [0.29, 0.717) is 6.54 Å². The molecular formula is C27H29FN2O2. The van der Waals surface area contributed by atoms with Crippen LogP contribution in [0.3, 0.4) is 0 Å². The maximum Gasteiger partial charge on any atom is 0.228 e. The molecule has 0 bridgehead atoms. The van der Waals surface area contributed by atoms with E-state index in [-0.39, 0.29) is 24.4 Å². The standard InChI is InChI=1S/C27H29FN2O2/c1-2-17-32-24-8-5-7-22(18-24)20-30-16-4-3-14-27(15-6-9-25(27)30)26(31)29-19-21-10-12-23(28)13-11-21/h1,3-5,7-8,10-13,18,25H,6,9,14-17,19-20H2,(H,29,31)/t25-,27-/m1/s1. The Morgan fingerprint density at radius 3 is 2.88 bits per heavy atom. The summed E-state index contributed by atoms with van der Waals surface area (Å²) in [6.45, 7) is 2.21. The van der Waals surface area contributed by atoms with Gasteiger partial charge >= 0.3 is 0 Å². The van der Waals surface area contributed by atoms with Crippen LogP contribution < -0.4 is 10.1 Å². The van der Waals surface area contributed by atoms with Gasteiger partial charge in [0.25, 0.3) is 0 Å². The third kappa shape index (κ3) is 4.87. The summed E-state index contributed by atoms with van der Waals surface area (Å²) >= 11 is 0. The van der Waals surface area contributed by atoms with Gasteiger partial charge in [-0.15, -0.1) is 6.42 Å². The molecule has 2 atom stereocenters. The third-order valence-corrected chi connectivity index (χ3v) is 6.59. The van der Waals surface area contributed by atoms with Gasteiger partial charge in [-0.05, 0) is 54.7 Å². The van der Waals surface area contributed by atoms with Crippen molar-refractivity contribution in [3.8, 4) is 18.1 Å². The summed E-state index contributed by atoms with van der Waals surface area (Å²) in [5.41, 5.74) is 1.60. The molecule has 0 unspecified atom stereocenters. The van der Waals surface area contributed by atoms with Crippen molar-refractivity contribution in [2.24, 2.45) is 5.41 Å². The van der Waals surface area contributed by atoms with Crippen LogP contribution in [0.25, 0.3) is 0 Å². The number of halogens is 1. The van der Waals surface area contributed by atoms with Gasteiger partial charge in [0.1, 0.15) is 18.2 Å². The number of ether oxygens (including phenoxy) is 1. The van der Waals surface area contributed by atoms with Crippen molar-refractivity contribution in [3.63, 3.8) is 0 Å². The molecule has 4 nitrogen and oxygen atoms in total. The largest absolute Gasteiger partial charge is 0.481 e. The van der Waals surface area contributed by atoms with E-state index < -0.39 is 5.41 Å². The first-order valence-corrected chi connectivity index (χ1v) is 11.2. The van der Waals surface area contributed by atoms with Gasteiger partial charge in [0.15, 0.2) is 0 Å². The molecule has 2 aromatic rings. The van der Waals surface area contributed by atoms with Crippen molar-refractivity contribution in [3.05, 3.63) is 77.6 Å². The van der Waals surface area contributed by atoms with E-state index in [1.54, 1.807) is 12.1 Å². The van der Waals surface area contributed by atoms with Crippen molar-refractivity contribution >= 4 is 5.91 Å². The number of carbonyl (C=O) groups excluding carboxylic acids is 1. The number of allylic oxidation sites excluding steroid dienone is 1. The van der Waals surface area contributed by atoms with Crippen LogP contribution in [0.5, 0.6) is 5.75 Å². The summed E-state index contributed by atoms with van der Waals surface area (Å²) < 4.78 is 18.8. The number of hydrogen-bond acceptors (Lipinski definition) is 3. The Hall–Kier alpha value is -3.10. The first-order valence-electron chi connectivity index (χ1n) is 11.2. The molecule has 0 radical (unpaired) electrons. The number of nitrogens with zero attached hydrogens (tertiary/aromatic N) is 1. The average Bonchev–Trinajstić information content (AvgIpc) is 3.17. The van der Waals surface area contributed by atoms with E-state index in [1.165, 1.54) is 12.1 Å². The molecule has 2 aromatic carbocycles. The maximum atomic E-state index is 13.5. The molecule has 1 heterocycles. The Balaban J connectivity index is 1.49. The predicted octanol–water partition coefficient (Wildman–Crippen LogP) is 4.45. The highest BCUT2D eigenvalue weighted by Gasteiger charge is 2.50. The third-order valence-electron chi connectivity index (χ3n) is 6.59. The van der Waals surface area contributed by atoms with E-state index in [4.69, 9.17) is 11.2 Å². The van der Waals surface area contributed by atoms with Crippen LogP contribution in [0.4, 0.5) is 4.39 Å². The first kappa shape index (κ1) is 22.1. The van der Waals surface area contributed by atoms with Gasteiger partial charge < -0.3 is 10.1 Å². The topological polar surface area (TPSA) is 41.6 Å². The second-order valence-corrected chi connectivity index (χ2v) is 8.62. The molecule has 4 rings (SSSR count). The van der Waals surface area contributed by atoms with Gasteiger partial charge in [-0.25, -0.2) is 4.39 Å². The Morgan fingerprint density at radius 1 is 1.22 bits per heavy atom. The molecule has 1 amide bonds. The smallest absolute Gasteiger partial charge is 0.228 e. The molecule has 1 aliphatic carbocycles. The molecule has 5 heteroatoms. The number of benzene rings is 2. The van der Waals surface area contributed by atoms with Crippen LogP contribution in [0.2, 0.25) is 0 Å². The zero-order valence-corrected chi connectivity index (χ0v) is 18.2. The zero-order valence-electron chi connectivity index (χ0n) is 18.2. The molecule has 0 aromatic heterocycles. The lowest BCUT2D eigenvalue weighted by molar-refractivity contribution is -0.134. The fraction of sp³-hybridized carbons (Fsp3) is 0.370. The van der Waals surface area contributed by atoms with Crippen LogP contribution in [0.15, 0.2) is 60.7 Å². The molecule has 1 aliphatic heterocycles. The van der Waals surface area contributed by atoms with Gasteiger partial charge in [0, 0.05) is 25.7 Å². The van der Waals surface area contributed by atoms with Crippen LogP contribution in [0, 0.1) is 23.6 Å². The van der Waals surface area contributed by atoms with Crippen molar-refractivity contribution < 1.29 is 13.9 Å². The predicted molar refractivity (Wildman–Crippen MR) is 123 cm³/mol. The van der Waals surface area contributed by atoms with Crippen LogP contribution >= 0.6 is 0 Å². The number of amides is 1. The molecule has 1 fully saturated rings. The van der Waals surface area contributed by atoms with E-state index >= 15 is 0 Å². The van der Waals surface area contributed by atoms with Crippen molar-refractivity contribution in [1.82, 2.24) is 10.2 Å². The summed E-state index contributed by atoms with van der Waals surface area (Å²) in [5.74, 6) is 3.08. The fourth-order valence-electron chi connectivity index (χ4n) is 5.04. The Labute approximate surface area is 189 Å². The van der Waals surface area contributed by atoms with E-state index in [1.807, 2.05) is 18.2 Å². The minimum absolute atomic E-state index is 0.0898. The van der Waals surface area contributed by atoms with Crippen LogP contribution in [0.1, 0.15) is 36.8 Å². The van der Waals surface area contributed by atoms with Gasteiger partial charge in [0.05, 0.1) is 5.41 Å². The maximum absolute atomic E-state index is 13.5. The lowest BCUT2D eigenvalue weighted by Crippen LogP contribution is -2.51. The second kappa shape index (κ2) is 10.0. The van der Waals surface area contributed by atoms with E-state index in [2.05, 4.69) is 34.4 Å². The Kier molecular flexibility index (Phi) is 6.92. The van der Waals surface area contributed by atoms with Crippen molar-refractivity contribution in [1.29, 1.82) is 0 Å². The highest BCUT2D eigenvalue weighted by Crippen LogP contribution is 2.46. The molecule has 32 heavy (non-hydrogen) atoms. The summed E-state index contributed by atoms with van der Waals surface area (Å²) in [5, 5.41) is 3.13. The lowest BCUT2D eigenvalue weighted by Gasteiger charge is -2.39. The minimum Gasteiger partial charge on any atom is -0.481 e. The quantitative estimate of drug-likeness (QED) is 0.519. The number of fused-ring (bicyclic) bond motifs is 1. The SMILES string of the molecule is C#CCOc1cccc(CN2CC=CC[C@@]3(C(=O)NCc4ccc(F)cc4)CCC[C@@H]23)c1. The summed E-state index contributed by atoms with van der Waals surface area (Å²) in [6.07, 6.45) is 13.3. The monoisotopic (exact) mass is 432 g/mol. The molecule has 0 spiro atoms. The molecule has 166 valence electrons. The highest BCUT2D eigenvalue weighted by molar-refractivity contribution is 5.84. The summed E-state index contributed by atoms with van der Waals surface area (Å²) in [4.78, 5) is 15.9. The number of terminal acetylenes is 1. The zero-order chi connectivity index (χ0) is 22.4. The molecule has 1 N–H and O–H groups in total. The highest BCUT2D eigenvalue weighted by atomic mass is 19.1. The first-order chi connectivity index (χ1) is 15.6. The Morgan fingerprint density at radius 2 is 2.06 bits per heavy atom. The lowest BCUT2D eigenvalue weighted by atomic mass is 9.77. The van der Waals surface area contributed by atoms with Gasteiger partial charge in [-0.3, -0.25) is 9.69 Å². The number of carbonyl (C=O) groups is 1.